The average Bonchev–Trinajstić information content (AvgIpc) is 3.38. The standard InChI is InChI=1S/C32H36ClN5O2/c1-2-40-31-6-4-3-5-26(31)28-9-8-27-29(36-28)20-37(19-24-16-25(39)18-35-24)21-32(27)11-13-38(14-12-32)30-10-7-23(33)15-22(30)17-34/h3-10,15,24-25,35,39H,2,11-14,16,18-21H2,1H3/t24-,25+/m1/s1. The van der Waals surface area contributed by atoms with Gasteiger partial charge in [-0.25, -0.2) is 0 Å². The van der Waals surface area contributed by atoms with Crippen LogP contribution in [0.2, 0.25) is 5.02 Å². The van der Waals surface area contributed by atoms with Crippen LogP contribution in [0.3, 0.4) is 0 Å². The average molecular weight is 558 g/mol. The molecule has 8 heteroatoms. The van der Waals surface area contributed by atoms with E-state index in [9.17, 15) is 10.4 Å². The molecule has 1 aromatic heterocycles. The van der Waals surface area contributed by atoms with E-state index in [1.54, 1.807) is 6.07 Å². The number of anilines is 1. The third-order valence-electron chi connectivity index (χ3n) is 8.73. The summed E-state index contributed by atoms with van der Waals surface area (Å²) in [6.45, 7) is 7.63. The van der Waals surface area contributed by atoms with Gasteiger partial charge >= 0.3 is 0 Å². The van der Waals surface area contributed by atoms with Crippen molar-refractivity contribution in [2.24, 2.45) is 0 Å². The molecule has 2 fully saturated rings. The number of ether oxygens (including phenoxy) is 1. The van der Waals surface area contributed by atoms with Crippen molar-refractivity contribution in [3.05, 3.63) is 76.4 Å². The predicted molar refractivity (Wildman–Crippen MR) is 158 cm³/mol. The number of hydrogen-bond acceptors (Lipinski definition) is 7. The minimum absolute atomic E-state index is 0.0223. The topological polar surface area (TPSA) is 84.7 Å². The molecule has 7 nitrogen and oxygen atoms in total. The van der Waals surface area contributed by atoms with Crippen LogP contribution in [0.4, 0.5) is 5.69 Å². The molecular formula is C32H36ClN5O2. The summed E-state index contributed by atoms with van der Waals surface area (Å²) in [5.74, 6) is 0.855. The van der Waals surface area contributed by atoms with Crippen LogP contribution in [0.15, 0.2) is 54.6 Å². The molecule has 4 heterocycles. The minimum atomic E-state index is -0.271. The third-order valence-corrected chi connectivity index (χ3v) is 8.96. The number of β-amino-alcohol motifs (C(OH)–C–C–N with tert-alkyl or cyclic N) is 1. The van der Waals surface area contributed by atoms with Gasteiger partial charge in [-0.05, 0) is 68.1 Å². The first-order chi connectivity index (χ1) is 19.5. The van der Waals surface area contributed by atoms with Crippen molar-refractivity contribution in [3.8, 4) is 23.1 Å². The van der Waals surface area contributed by atoms with Gasteiger partial charge in [0.2, 0.25) is 0 Å². The second-order valence-corrected chi connectivity index (χ2v) is 11.8. The highest BCUT2D eigenvalue weighted by Gasteiger charge is 2.43. The van der Waals surface area contributed by atoms with Crippen LogP contribution >= 0.6 is 11.6 Å². The molecule has 0 radical (unpaired) electrons. The van der Waals surface area contributed by atoms with Gasteiger partial charge in [-0.15, -0.1) is 0 Å². The Morgan fingerprint density at radius 3 is 2.75 bits per heavy atom. The monoisotopic (exact) mass is 557 g/mol. The quantitative estimate of drug-likeness (QED) is 0.452. The maximum Gasteiger partial charge on any atom is 0.128 e. The SMILES string of the molecule is CCOc1ccccc1-c1ccc2c(n1)CN(C[C@H]1C[C@H](O)CN1)CC21CCN(c2ccc(Cl)cc2C#N)CC1. The highest BCUT2D eigenvalue weighted by atomic mass is 35.5. The zero-order valence-electron chi connectivity index (χ0n) is 22.9. The zero-order valence-corrected chi connectivity index (χ0v) is 23.7. The van der Waals surface area contributed by atoms with Gasteiger partial charge in [0.15, 0.2) is 0 Å². The fraction of sp³-hybridized carbons (Fsp3) is 0.438. The van der Waals surface area contributed by atoms with Crippen LogP contribution in [-0.4, -0.2) is 66.5 Å². The smallest absolute Gasteiger partial charge is 0.128 e. The van der Waals surface area contributed by atoms with Crippen molar-refractivity contribution < 1.29 is 9.84 Å². The summed E-state index contributed by atoms with van der Waals surface area (Å²) in [6.07, 6.45) is 2.46. The Morgan fingerprint density at radius 2 is 2.00 bits per heavy atom. The van der Waals surface area contributed by atoms with Crippen molar-refractivity contribution >= 4 is 17.3 Å². The number of hydrogen-bond donors (Lipinski definition) is 2. The molecule has 2 atom stereocenters. The van der Waals surface area contributed by atoms with E-state index < -0.39 is 0 Å². The van der Waals surface area contributed by atoms with Crippen molar-refractivity contribution in [1.29, 1.82) is 5.26 Å². The molecule has 40 heavy (non-hydrogen) atoms. The Morgan fingerprint density at radius 1 is 1.18 bits per heavy atom. The number of aliphatic hydroxyl groups excluding tert-OH is 1. The number of rotatable bonds is 6. The molecule has 3 aromatic rings. The van der Waals surface area contributed by atoms with Gasteiger partial charge in [0.05, 0.1) is 35.3 Å². The van der Waals surface area contributed by atoms with E-state index in [4.69, 9.17) is 21.3 Å². The molecule has 2 N–H and O–H groups in total. The first kappa shape index (κ1) is 27.0. The molecule has 6 rings (SSSR count). The van der Waals surface area contributed by atoms with Crippen LogP contribution < -0.4 is 15.0 Å². The summed E-state index contributed by atoms with van der Waals surface area (Å²) in [6, 6.07) is 20.8. The Balaban J connectivity index is 1.32. The number of nitrogens with one attached hydrogen (secondary N) is 1. The maximum absolute atomic E-state index is 10.1. The van der Waals surface area contributed by atoms with Crippen molar-refractivity contribution in [2.75, 3.05) is 44.2 Å². The molecule has 0 bridgehead atoms. The fourth-order valence-corrected chi connectivity index (χ4v) is 7.02. The summed E-state index contributed by atoms with van der Waals surface area (Å²) in [5, 5.41) is 23.9. The highest BCUT2D eigenvalue weighted by Crippen LogP contribution is 2.44. The van der Waals surface area contributed by atoms with Crippen LogP contribution in [0.25, 0.3) is 11.3 Å². The van der Waals surface area contributed by atoms with E-state index in [1.807, 2.05) is 37.3 Å². The van der Waals surface area contributed by atoms with E-state index >= 15 is 0 Å². The zero-order chi connectivity index (χ0) is 27.7. The van der Waals surface area contributed by atoms with Gasteiger partial charge in [-0.1, -0.05) is 29.8 Å². The second kappa shape index (κ2) is 11.4. The van der Waals surface area contributed by atoms with Crippen LogP contribution in [0.1, 0.15) is 43.0 Å². The molecule has 208 valence electrons. The Labute approximate surface area is 241 Å². The van der Waals surface area contributed by atoms with Crippen molar-refractivity contribution in [3.63, 3.8) is 0 Å². The summed E-state index contributed by atoms with van der Waals surface area (Å²) < 4.78 is 5.93. The molecule has 0 amide bonds. The van der Waals surface area contributed by atoms with Crippen LogP contribution in [0, 0.1) is 11.3 Å². The van der Waals surface area contributed by atoms with Crippen LogP contribution in [-0.2, 0) is 12.0 Å². The maximum atomic E-state index is 10.1. The summed E-state index contributed by atoms with van der Waals surface area (Å²) in [7, 11) is 0. The molecule has 3 aliphatic heterocycles. The number of aliphatic hydroxyl groups is 1. The minimum Gasteiger partial charge on any atom is -0.493 e. The van der Waals surface area contributed by atoms with Gasteiger partial charge in [-0.3, -0.25) is 9.88 Å². The Kier molecular flexibility index (Phi) is 7.69. The number of para-hydroxylation sites is 1. The van der Waals surface area contributed by atoms with Gasteiger partial charge < -0.3 is 20.1 Å². The van der Waals surface area contributed by atoms with E-state index in [1.165, 1.54) is 5.56 Å². The van der Waals surface area contributed by atoms with E-state index in [0.717, 1.165) is 80.4 Å². The number of piperidine rings is 1. The number of nitrogens with zero attached hydrogens (tertiary/aromatic N) is 4. The number of aromatic nitrogens is 1. The lowest BCUT2D eigenvalue weighted by Gasteiger charge is -2.49. The summed E-state index contributed by atoms with van der Waals surface area (Å²) in [5.41, 5.74) is 5.99. The molecule has 1 spiro atoms. The second-order valence-electron chi connectivity index (χ2n) is 11.3. The first-order valence-electron chi connectivity index (χ1n) is 14.3. The first-order valence-corrected chi connectivity index (χ1v) is 14.7. The van der Waals surface area contributed by atoms with Gasteiger partial charge in [0.25, 0.3) is 0 Å². The molecule has 0 saturated carbocycles. The van der Waals surface area contributed by atoms with E-state index in [0.29, 0.717) is 23.7 Å². The van der Waals surface area contributed by atoms with E-state index in [2.05, 4.69) is 39.4 Å². The Hall–Kier alpha value is -3.15. The lowest BCUT2D eigenvalue weighted by Crippen LogP contribution is -2.54. The molecule has 0 aliphatic carbocycles. The third kappa shape index (κ3) is 5.29. The van der Waals surface area contributed by atoms with Gasteiger partial charge in [-0.2, -0.15) is 5.26 Å². The van der Waals surface area contributed by atoms with Gasteiger partial charge in [0.1, 0.15) is 11.8 Å². The molecule has 3 aliphatic rings. The number of pyridine rings is 1. The highest BCUT2D eigenvalue weighted by molar-refractivity contribution is 6.30. The Bertz CT molecular complexity index is 1410. The van der Waals surface area contributed by atoms with Gasteiger partial charge in [0, 0.05) is 61.3 Å². The largest absolute Gasteiger partial charge is 0.493 e. The normalized spacial score (nSPS) is 22.2. The van der Waals surface area contributed by atoms with Crippen LogP contribution in [0.5, 0.6) is 5.75 Å². The summed E-state index contributed by atoms with van der Waals surface area (Å²) in [4.78, 5) is 10.1. The molecule has 2 aromatic carbocycles. The summed E-state index contributed by atoms with van der Waals surface area (Å²) >= 11 is 6.18. The number of nitriles is 1. The number of benzene rings is 2. The number of halogens is 1. The molecule has 2 saturated heterocycles. The van der Waals surface area contributed by atoms with Crippen molar-refractivity contribution in [1.82, 2.24) is 15.2 Å². The fourth-order valence-electron chi connectivity index (χ4n) is 6.85. The molecular weight excluding hydrogens is 522 g/mol. The van der Waals surface area contributed by atoms with Crippen molar-refractivity contribution in [2.45, 2.75) is 50.3 Å². The molecule has 0 unspecified atom stereocenters. The lowest BCUT2D eigenvalue weighted by molar-refractivity contribution is 0.135. The predicted octanol–water partition coefficient (Wildman–Crippen LogP) is 4.75. The van der Waals surface area contributed by atoms with E-state index in [-0.39, 0.29) is 17.6 Å². The lowest BCUT2D eigenvalue weighted by atomic mass is 9.69. The number of fused-ring (bicyclic) bond motifs is 2.